The Hall–Kier alpha value is -5.48. The summed E-state index contributed by atoms with van der Waals surface area (Å²) >= 11 is 0. The summed E-state index contributed by atoms with van der Waals surface area (Å²) in [7, 11) is 0. The molecule has 10 nitrogen and oxygen atoms in total. The zero-order valence-electron chi connectivity index (χ0n) is 31.4. The van der Waals surface area contributed by atoms with Crippen LogP contribution >= 0.6 is 0 Å². The summed E-state index contributed by atoms with van der Waals surface area (Å²) < 4.78 is 0. The van der Waals surface area contributed by atoms with Gasteiger partial charge in [0.05, 0.1) is 6.04 Å². The van der Waals surface area contributed by atoms with Crippen molar-refractivity contribution in [2.24, 2.45) is 5.73 Å². The van der Waals surface area contributed by atoms with Crippen LogP contribution in [0.15, 0.2) is 97.1 Å². The van der Waals surface area contributed by atoms with Crippen LogP contribution in [-0.4, -0.2) is 75.8 Å². The van der Waals surface area contributed by atoms with Crippen molar-refractivity contribution in [3.05, 3.63) is 130 Å². The van der Waals surface area contributed by atoms with Gasteiger partial charge in [0.2, 0.25) is 23.6 Å². The zero-order chi connectivity index (χ0) is 38.4. The zero-order valence-corrected chi connectivity index (χ0v) is 31.4. The maximum absolute atomic E-state index is 14.5. The molecule has 2 aliphatic rings. The Morgan fingerprint density at radius 2 is 1.43 bits per heavy atom. The highest BCUT2D eigenvalue weighted by atomic mass is 16.3. The van der Waals surface area contributed by atoms with Crippen LogP contribution in [0.3, 0.4) is 0 Å². The van der Waals surface area contributed by atoms with Crippen molar-refractivity contribution in [2.45, 2.75) is 90.0 Å². The van der Waals surface area contributed by atoms with Crippen molar-refractivity contribution in [2.75, 3.05) is 18.0 Å². The molecule has 4 N–H and O–H groups in total. The van der Waals surface area contributed by atoms with Gasteiger partial charge in [-0.1, -0.05) is 79.7 Å². The highest BCUT2D eigenvalue weighted by molar-refractivity contribution is 5.95. The Morgan fingerprint density at radius 3 is 2.06 bits per heavy atom. The number of phenols is 1. The lowest BCUT2D eigenvalue weighted by atomic mass is 9.91. The second kappa shape index (κ2) is 17.1. The van der Waals surface area contributed by atoms with E-state index in [1.165, 1.54) is 0 Å². The molecule has 282 valence electrons. The van der Waals surface area contributed by atoms with Crippen molar-refractivity contribution in [3.63, 3.8) is 0 Å². The van der Waals surface area contributed by atoms with Crippen molar-refractivity contribution in [3.8, 4) is 5.75 Å². The van der Waals surface area contributed by atoms with Gasteiger partial charge in [-0.05, 0) is 90.8 Å². The van der Waals surface area contributed by atoms with E-state index in [-0.39, 0.29) is 55.3 Å². The number of phenolic OH excluding ortho intramolecular Hbond substituents is 1. The van der Waals surface area contributed by atoms with E-state index in [4.69, 9.17) is 5.73 Å². The number of carbonyl (C=O) groups excluding carboxylic acids is 4. The van der Waals surface area contributed by atoms with Gasteiger partial charge in [0.25, 0.3) is 0 Å². The Morgan fingerprint density at radius 1 is 0.833 bits per heavy atom. The standard InChI is InChI=1S/C44H51N5O5/c1-4-41(51)49(34-17-9-6-10-18-34)35-19-21-47(22-20-35)44(54)39(25-31-13-7-5-8-14-31)46-42(52)40-26-32-15-11-12-16-33(32)28-48(40)43(53)38(45)27-37-29(2)23-36(50)24-30(37)3/h5-18,23-24,35,38-40,50H,4,19-22,25-28,45H2,1-3H3,(H,46,52)/t38-,39-,40+/m1/s1. The summed E-state index contributed by atoms with van der Waals surface area (Å²) in [6.45, 7) is 6.72. The first-order chi connectivity index (χ1) is 26.0. The fourth-order valence-electron chi connectivity index (χ4n) is 8.00. The summed E-state index contributed by atoms with van der Waals surface area (Å²) in [5.41, 5.74) is 12.8. The van der Waals surface area contributed by atoms with E-state index in [1.807, 2.05) is 111 Å². The third kappa shape index (κ3) is 8.66. The molecule has 1 fully saturated rings. The molecule has 0 saturated carbocycles. The third-order valence-electron chi connectivity index (χ3n) is 10.9. The first-order valence-electron chi connectivity index (χ1n) is 19.0. The predicted octanol–water partition coefficient (Wildman–Crippen LogP) is 4.99. The smallest absolute Gasteiger partial charge is 0.245 e. The number of piperidine rings is 1. The number of carbonyl (C=O) groups is 4. The van der Waals surface area contributed by atoms with Gasteiger partial charge in [-0.25, -0.2) is 0 Å². The number of aromatic hydroxyl groups is 1. The lowest BCUT2D eigenvalue weighted by molar-refractivity contribution is -0.144. The average Bonchev–Trinajstić information content (AvgIpc) is 3.18. The van der Waals surface area contributed by atoms with Crippen molar-refractivity contribution in [1.29, 1.82) is 0 Å². The molecule has 0 unspecified atom stereocenters. The number of likely N-dealkylation sites (tertiary alicyclic amines) is 1. The molecule has 2 aliphatic heterocycles. The first-order valence-corrected chi connectivity index (χ1v) is 19.0. The second-order valence-electron chi connectivity index (χ2n) is 14.6. The van der Waals surface area contributed by atoms with E-state index in [2.05, 4.69) is 5.32 Å². The van der Waals surface area contributed by atoms with Gasteiger partial charge in [0, 0.05) is 50.6 Å². The van der Waals surface area contributed by atoms with Crippen LogP contribution in [-0.2, 0) is 45.0 Å². The van der Waals surface area contributed by atoms with Crippen LogP contribution in [0.4, 0.5) is 5.69 Å². The van der Waals surface area contributed by atoms with Crippen LogP contribution in [0.25, 0.3) is 0 Å². The molecule has 4 aromatic rings. The Kier molecular flexibility index (Phi) is 12.1. The summed E-state index contributed by atoms with van der Waals surface area (Å²) in [4.78, 5) is 61.4. The molecule has 10 heteroatoms. The number of fused-ring (bicyclic) bond motifs is 1. The molecule has 4 aromatic carbocycles. The number of aryl methyl sites for hydroxylation is 2. The number of amides is 4. The molecule has 4 amide bonds. The fraction of sp³-hybridized carbons (Fsp3) is 0.364. The first kappa shape index (κ1) is 38.3. The second-order valence-corrected chi connectivity index (χ2v) is 14.6. The minimum Gasteiger partial charge on any atom is -0.508 e. The highest BCUT2D eigenvalue weighted by Gasteiger charge is 2.39. The van der Waals surface area contributed by atoms with Crippen LogP contribution in [0, 0.1) is 13.8 Å². The van der Waals surface area contributed by atoms with E-state index in [0.717, 1.165) is 39.1 Å². The number of hydrogen-bond acceptors (Lipinski definition) is 6. The molecule has 0 radical (unpaired) electrons. The average molecular weight is 730 g/mol. The molecule has 0 bridgehead atoms. The molecule has 1 saturated heterocycles. The number of anilines is 1. The van der Waals surface area contributed by atoms with Gasteiger partial charge in [-0.2, -0.15) is 0 Å². The minimum absolute atomic E-state index is 0.0430. The number of hydrogen-bond donors (Lipinski definition) is 3. The number of nitrogens with zero attached hydrogens (tertiary/aromatic N) is 3. The summed E-state index contributed by atoms with van der Waals surface area (Å²) in [5.74, 6) is -0.754. The van der Waals surface area contributed by atoms with Crippen LogP contribution in [0.2, 0.25) is 0 Å². The van der Waals surface area contributed by atoms with Gasteiger partial charge < -0.3 is 30.9 Å². The molecule has 3 atom stereocenters. The van der Waals surface area contributed by atoms with Crippen LogP contribution in [0.5, 0.6) is 5.75 Å². The molecule has 54 heavy (non-hydrogen) atoms. The van der Waals surface area contributed by atoms with E-state index in [1.54, 1.807) is 21.9 Å². The van der Waals surface area contributed by atoms with Crippen LogP contribution < -0.4 is 16.0 Å². The Labute approximate surface area is 317 Å². The lowest BCUT2D eigenvalue weighted by Crippen LogP contribution is -2.60. The number of rotatable bonds is 11. The molecule has 0 aliphatic carbocycles. The molecular formula is C44H51N5O5. The van der Waals surface area contributed by atoms with Gasteiger partial charge in [-0.15, -0.1) is 0 Å². The van der Waals surface area contributed by atoms with Gasteiger partial charge in [0.1, 0.15) is 17.8 Å². The Bertz CT molecular complexity index is 1940. The Balaban J connectivity index is 1.22. The normalized spacial score (nSPS) is 16.9. The predicted molar refractivity (Wildman–Crippen MR) is 210 cm³/mol. The fourth-order valence-corrected chi connectivity index (χ4v) is 8.00. The quantitative estimate of drug-likeness (QED) is 0.199. The largest absolute Gasteiger partial charge is 0.508 e. The van der Waals surface area contributed by atoms with Crippen molar-refractivity contribution in [1.82, 2.24) is 15.1 Å². The third-order valence-corrected chi connectivity index (χ3v) is 10.9. The monoisotopic (exact) mass is 729 g/mol. The molecule has 0 spiro atoms. The van der Waals surface area contributed by atoms with E-state index in [0.29, 0.717) is 32.4 Å². The highest BCUT2D eigenvalue weighted by Crippen LogP contribution is 2.28. The SMILES string of the molecule is CCC(=O)N(c1ccccc1)C1CCN(C(=O)[C@@H](Cc2ccccc2)NC(=O)[C@@H]2Cc3ccccc3CN2C(=O)[C@H](N)Cc2c(C)cc(O)cc2C)CC1. The van der Waals surface area contributed by atoms with E-state index < -0.39 is 24.0 Å². The maximum Gasteiger partial charge on any atom is 0.245 e. The minimum atomic E-state index is -0.925. The van der Waals surface area contributed by atoms with Gasteiger partial charge in [-0.3, -0.25) is 19.2 Å². The number of nitrogens with two attached hydrogens (primary N) is 1. The number of para-hydroxylation sites is 1. The summed E-state index contributed by atoms with van der Waals surface area (Å²) in [5, 5.41) is 13.1. The molecule has 0 aromatic heterocycles. The van der Waals surface area contributed by atoms with Crippen LogP contribution in [0.1, 0.15) is 59.6 Å². The number of benzene rings is 4. The maximum atomic E-state index is 14.5. The van der Waals surface area contributed by atoms with E-state index in [9.17, 15) is 24.3 Å². The van der Waals surface area contributed by atoms with Gasteiger partial charge in [0.15, 0.2) is 0 Å². The molecular weight excluding hydrogens is 679 g/mol. The van der Waals surface area contributed by atoms with Crippen molar-refractivity contribution >= 4 is 29.3 Å². The van der Waals surface area contributed by atoms with E-state index >= 15 is 0 Å². The van der Waals surface area contributed by atoms with Gasteiger partial charge >= 0.3 is 0 Å². The lowest BCUT2D eigenvalue weighted by Gasteiger charge is -2.40. The topological polar surface area (TPSA) is 136 Å². The molecule has 6 rings (SSSR count). The number of nitrogens with one attached hydrogen (secondary N) is 1. The summed E-state index contributed by atoms with van der Waals surface area (Å²) in [6, 6.07) is 27.6. The molecule has 2 heterocycles. The summed E-state index contributed by atoms with van der Waals surface area (Å²) in [6.07, 6.45) is 2.42. The van der Waals surface area contributed by atoms with Crippen molar-refractivity contribution < 1.29 is 24.3 Å².